The number of hydrogen-bond acceptors (Lipinski definition) is 7. The molecule has 4 heterocycles. The van der Waals surface area contributed by atoms with Crippen LogP contribution in [-0.4, -0.2) is 90.3 Å². The smallest absolute Gasteiger partial charge is 0.319 e. The summed E-state index contributed by atoms with van der Waals surface area (Å²) in [5.74, 6) is 0.0399. The Bertz CT molecular complexity index is 714. The maximum absolute atomic E-state index is 12.4. The van der Waals surface area contributed by atoms with Crippen molar-refractivity contribution in [1.29, 1.82) is 0 Å². The quantitative estimate of drug-likeness (QED) is 0.616. The fourth-order valence-electron chi connectivity index (χ4n) is 3.95. The summed E-state index contributed by atoms with van der Waals surface area (Å²) < 4.78 is 17.0. The average molecular weight is 406 g/mol. The van der Waals surface area contributed by atoms with E-state index in [1.54, 1.807) is 23.2 Å². The maximum atomic E-state index is 12.4. The summed E-state index contributed by atoms with van der Waals surface area (Å²) in [5.41, 5.74) is 0.575. The normalized spacial score (nSPS) is 31.3. The van der Waals surface area contributed by atoms with Crippen LogP contribution in [0.5, 0.6) is 0 Å². The summed E-state index contributed by atoms with van der Waals surface area (Å²) in [6.07, 6.45) is 1.55. The summed E-state index contributed by atoms with van der Waals surface area (Å²) in [4.78, 5) is 30.1. The number of carbonyl (C=O) groups excluding carboxylic acids is 2. The molecular weight excluding hydrogens is 380 g/mol. The van der Waals surface area contributed by atoms with E-state index in [4.69, 9.17) is 14.2 Å². The van der Waals surface area contributed by atoms with Crippen LogP contribution in [0.15, 0.2) is 24.5 Å². The van der Waals surface area contributed by atoms with Gasteiger partial charge in [-0.3, -0.25) is 9.78 Å². The van der Waals surface area contributed by atoms with Crippen molar-refractivity contribution < 1.29 is 28.9 Å². The predicted molar refractivity (Wildman–Crippen MR) is 101 cm³/mol. The van der Waals surface area contributed by atoms with Crippen LogP contribution in [-0.2, 0) is 19.0 Å². The summed E-state index contributed by atoms with van der Waals surface area (Å²) in [7, 11) is 0. The van der Waals surface area contributed by atoms with E-state index in [2.05, 4.69) is 15.6 Å². The molecule has 1 aromatic heterocycles. The van der Waals surface area contributed by atoms with Gasteiger partial charge >= 0.3 is 6.03 Å². The van der Waals surface area contributed by atoms with Gasteiger partial charge in [0.25, 0.3) is 0 Å². The van der Waals surface area contributed by atoms with E-state index >= 15 is 0 Å². The lowest BCUT2D eigenvalue weighted by atomic mass is 10.1. The highest BCUT2D eigenvalue weighted by molar-refractivity contribution is 5.88. The zero-order chi connectivity index (χ0) is 20.2. The van der Waals surface area contributed by atoms with Gasteiger partial charge in [-0.05, 0) is 12.1 Å². The summed E-state index contributed by atoms with van der Waals surface area (Å²) in [6.45, 7) is 2.49. The SMILES string of the molecule is O=C(NCC1OC2CC(CC(=O)N3CCOCC3)OC2C1O)Nc1cccnc1. The van der Waals surface area contributed by atoms with Gasteiger partial charge in [0.15, 0.2) is 0 Å². The second-order valence-corrected chi connectivity index (χ2v) is 7.44. The summed E-state index contributed by atoms with van der Waals surface area (Å²) in [6, 6.07) is 3.04. The molecule has 0 aromatic carbocycles. The Morgan fingerprint density at radius 3 is 2.83 bits per heavy atom. The van der Waals surface area contributed by atoms with Crippen molar-refractivity contribution >= 4 is 17.6 Å². The van der Waals surface area contributed by atoms with E-state index in [-0.39, 0.29) is 31.1 Å². The first-order valence-electron chi connectivity index (χ1n) is 9.89. The molecule has 29 heavy (non-hydrogen) atoms. The van der Waals surface area contributed by atoms with Gasteiger partial charge in [-0.2, -0.15) is 0 Å². The van der Waals surface area contributed by atoms with E-state index < -0.39 is 24.3 Å². The molecule has 0 saturated carbocycles. The fourth-order valence-corrected chi connectivity index (χ4v) is 3.95. The molecule has 0 spiro atoms. The molecule has 3 aliphatic rings. The summed E-state index contributed by atoms with van der Waals surface area (Å²) in [5, 5.41) is 15.9. The van der Waals surface area contributed by atoms with Crippen LogP contribution >= 0.6 is 0 Å². The summed E-state index contributed by atoms with van der Waals surface area (Å²) >= 11 is 0. The molecule has 0 aliphatic carbocycles. The minimum Gasteiger partial charge on any atom is -0.388 e. The van der Waals surface area contributed by atoms with Crippen molar-refractivity contribution in [3.8, 4) is 0 Å². The van der Waals surface area contributed by atoms with E-state index in [0.717, 1.165) is 0 Å². The zero-order valence-corrected chi connectivity index (χ0v) is 16.0. The standard InChI is InChI=1S/C19H26N4O6/c24-16(23-4-6-27-7-5-23)9-13-8-14-18(28-13)17(25)15(29-14)11-21-19(26)22-12-2-1-3-20-10-12/h1-3,10,13-15,17-18,25H,4-9,11H2,(H2,21,22,26). The molecule has 3 amide bonds. The van der Waals surface area contributed by atoms with E-state index in [9.17, 15) is 14.7 Å². The van der Waals surface area contributed by atoms with Crippen molar-refractivity contribution in [2.45, 2.75) is 43.4 Å². The average Bonchev–Trinajstić information content (AvgIpc) is 3.26. The number of aromatic nitrogens is 1. The molecule has 5 atom stereocenters. The number of ether oxygens (including phenoxy) is 3. The van der Waals surface area contributed by atoms with Crippen molar-refractivity contribution in [3.05, 3.63) is 24.5 Å². The first-order valence-corrected chi connectivity index (χ1v) is 9.89. The van der Waals surface area contributed by atoms with Crippen LogP contribution < -0.4 is 10.6 Å². The molecule has 3 fully saturated rings. The lowest BCUT2D eigenvalue weighted by Gasteiger charge is -2.28. The van der Waals surface area contributed by atoms with Crippen molar-refractivity contribution in [3.63, 3.8) is 0 Å². The number of carbonyl (C=O) groups is 2. The highest BCUT2D eigenvalue weighted by Crippen LogP contribution is 2.35. The Labute approximate surface area is 168 Å². The second-order valence-electron chi connectivity index (χ2n) is 7.44. The number of rotatable bonds is 5. The third kappa shape index (κ3) is 4.84. The molecule has 158 valence electrons. The van der Waals surface area contributed by atoms with Gasteiger partial charge in [0.1, 0.15) is 18.3 Å². The molecule has 3 saturated heterocycles. The number of morpholine rings is 1. The van der Waals surface area contributed by atoms with Crippen molar-refractivity contribution in [2.75, 3.05) is 38.2 Å². The molecule has 10 nitrogen and oxygen atoms in total. The lowest BCUT2D eigenvalue weighted by Crippen LogP contribution is -2.43. The minimum atomic E-state index is -0.859. The third-order valence-electron chi connectivity index (χ3n) is 5.43. The number of anilines is 1. The lowest BCUT2D eigenvalue weighted by molar-refractivity contribution is -0.138. The maximum Gasteiger partial charge on any atom is 0.319 e. The molecule has 10 heteroatoms. The van der Waals surface area contributed by atoms with Crippen molar-refractivity contribution in [1.82, 2.24) is 15.2 Å². The predicted octanol–water partition coefficient (Wildman–Crippen LogP) is -0.262. The van der Waals surface area contributed by atoms with Crippen LogP contribution in [0, 0.1) is 0 Å². The van der Waals surface area contributed by atoms with Crippen LogP contribution in [0.2, 0.25) is 0 Å². The molecule has 0 bridgehead atoms. The van der Waals surface area contributed by atoms with Crippen LogP contribution in [0.3, 0.4) is 0 Å². The molecule has 5 unspecified atom stereocenters. The Kier molecular flexibility index (Phi) is 6.24. The Morgan fingerprint density at radius 2 is 2.10 bits per heavy atom. The number of fused-ring (bicyclic) bond motifs is 1. The van der Waals surface area contributed by atoms with E-state index in [0.29, 0.717) is 38.4 Å². The number of pyridine rings is 1. The van der Waals surface area contributed by atoms with Gasteiger partial charge in [0.2, 0.25) is 5.91 Å². The zero-order valence-electron chi connectivity index (χ0n) is 16.0. The van der Waals surface area contributed by atoms with Gasteiger partial charge in [-0.25, -0.2) is 4.79 Å². The number of aliphatic hydroxyl groups is 1. The van der Waals surface area contributed by atoms with Gasteiger partial charge in [0.05, 0.1) is 43.7 Å². The Balaban J connectivity index is 1.21. The topological polar surface area (TPSA) is 122 Å². The number of amides is 3. The largest absolute Gasteiger partial charge is 0.388 e. The van der Waals surface area contributed by atoms with Crippen LogP contribution in [0.1, 0.15) is 12.8 Å². The molecule has 3 aliphatic heterocycles. The second kappa shape index (κ2) is 9.04. The van der Waals surface area contributed by atoms with Crippen LogP contribution in [0.25, 0.3) is 0 Å². The first-order chi connectivity index (χ1) is 14.1. The number of hydrogen-bond donors (Lipinski definition) is 3. The first kappa shape index (κ1) is 20.0. The van der Waals surface area contributed by atoms with Crippen LogP contribution in [0.4, 0.5) is 10.5 Å². The molecule has 4 rings (SSSR count). The highest BCUT2D eigenvalue weighted by Gasteiger charge is 2.50. The Morgan fingerprint density at radius 1 is 1.28 bits per heavy atom. The Hall–Kier alpha value is -2.27. The molecular formula is C19H26N4O6. The van der Waals surface area contributed by atoms with E-state index in [1.165, 1.54) is 6.20 Å². The third-order valence-corrected chi connectivity index (χ3v) is 5.43. The minimum absolute atomic E-state index is 0.0399. The number of urea groups is 1. The van der Waals surface area contributed by atoms with Gasteiger partial charge < -0.3 is 34.9 Å². The molecule has 1 aromatic rings. The fraction of sp³-hybridized carbons (Fsp3) is 0.632. The molecule has 3 N–H and O–H groups in total. The van der Waals surface area contributed by atoms with Gasteiger partial charge in [0, 0.05) is 32.3 Å². The number of nitrogens with zero attached hydrogens (tertiary/aromatic N) is 2. The number of nitrogens with one attached hydrogen (secondary N) is 2. The van der Waals surface area contributed by atoms with Gasteiger partial charge in [-0.15, -0.1) is 0 Å². The monoisotopic (exact) mass is 406 g/mol. The van der Waals surface area contributed by atoms with E-state index in [1.807, 2.05) is 0 Å². The highest BCUT2D eigenvalue weighted by atomic mass is 16.6. The van der Waals surface area contributed by atoms with Crippen molar-refractivity contribution in [2.24, 2.45) is 0 Å². The number of aliphatic hydroxyl groups excluding tert-OH is 1. The van der Waals surface area contributed by atoms with Gasteiger partial charge in [-0.1, -0.05) is 0 Å². The molecule has 0 radical (unpaired) electrons.